The van der Waals surface area contributed by atoms with Gasteiger partial charge in [-0.2, -0.15) is 18.3 Å². The van der Waals surface area contributed by atoms with E-state index in [9.17, 15) is 23.1 Å². The molecule has 10 heteroatoms. The molecule has 1 aliphatic rings. The molecule has 132 valence electrons. The monoisotopic (exact) mass is 355 g/mol. The van der Waals surface area contributed by atoms with E-state index in [-0.39, 0.29) is 12.3 Å². The number of benzene rings is 1. The number of hydrogen-bond donors (Lipinski definition) is 2. The third-order valence-corrected chi connectivity index (χ3v) is 3.64. The number of carbonyl (C=O) groups is 1. The van der Waals surface area contributed by atoms with Gasteiger partial charge < -0.3 is 15.1 Å². The lowest BCUT2D eigenvalue weighted by Gasteiger charge is -2.22. The number of carboxylic acids is 1. The number of carboxylic acid groups (broad SMARTS) is 1. The quantitative estimate of drug-likeness (QED) is 0.874. The third-order valence-electron chi connectivity index (χ3n) is 3.64. The number of aliphatic hydroxyl groups is 1. The SMILES string of the molecule is O=C(O)Cn1cc(-c2ccc(C3=NOC(O)(C(F)(F)F)C3)cc2)cn1. The van der Waals surface area contributed by atoms with Crippen molar-refractivity contribution in [3.8, 4) is 11.1 Å². The second kappa shape index (κ2) is 5.88. The van der Waals surface area contributed by atoms with Crippen molar-refractivity contribution in [3.63, 3.8) is 0 Å². The third kappa shape index (κ3) is 3.33. The Morgan fingerprint density at radius 1 is 1.24 bits per heavy atom. The van der Waals surface area contributed by atoms with Crippen LogP contribution in [0.2, 0.25) is 0 Å². The minimum Gasteiger partial charge on any atom is -0.480 e. The molecule has 7 nitrogen and oxygen atoms in total. The van der Waals surface area contributed by atoms with Gasteiger partial charge in [-0.25, -0.2) is 0 Å². The van der Waals surface area contributed by atoms with Gasteiger partial charge in [-0.05, 0) is 11.1 Å². The molecule has 0 saturated heterocycles. The van der Waals surface area contributed by atoms with Gasteiger partial charge in [0.2, 0.25) is 0 Å². The Bertz CT molecular complexity index is 829. The summed E-state index contributed by atoms with van der Waals surface area (Å²) in [6, 6.07) is 6.33. The Morgan fingerprint density at radius 3 is 2.44 bits per heavy atom. The highest BCUT2D eigenvalue weighted by molar-refractivity contribution is 6.01. The molecule has 2 aromatic rings. The summed E-state index contributed by atoms with van der Waals surface area (Å²) in [6.07, 6.45) is -2.72. The van der Waals surface area contributed by atoms with Gasteiger partial charge in [0, 0.05) is 11.8 Å². The number of alkyl halides is 3. The van der Waals surface area contributed by atoms with Crippen LogP contribution in [0, 0.1) is 0 Å². The van der Waals surface area contributed by atoms with Crippen molar-refractivity contribution >= 4 is 11.7 Å². The van der Waals surface area contributed by atoms with Crippen LogP contribution in [0.25, 0.3) is 11.1 Å². The van der Waals surface area contributed by atoms with Crippen molar-refractivity contribution in [2.45, 2.75) is 24.9 Å². The Kier molecular flexibility index (Phi) is 3.99. The summed E-state index contributed by atoms with van der Waals surface area (Å²) in [6.45, 7) is -0.276. The minimum absolute atomic E-state index is 0.0204. The average molecular weight is 355 g/mol. The van der Waals surface area contributed by atoms with Crippen LogP contribution in [-0.2, 0) is 16.2 Å². The van der Waals surface area contributed by atoms with E-state index in [0.29, 0.717) is 16.7 Å². The van der Waals surface area contributed by atoms with E-state index >= 15 is 0 Å². The first-order valence-corrected chi connectivity index (χ1v) is 7.07. The van der Waals surface area contributed by atoms with Crippen LogP contribution in [0.15, 0.2) is 41.8 Å². The predicted molar refractivity (Wildman–Crippen MR) is 78.5 cm³/mol. The summed E-state index contributed by atoms with van der Waals surface area (Å²) >= 11 is 0. The topological polar surface area (TPSA) is 96.9 Å². The molecule has 0 radical (unpaired) electrons. The smallest absolute Gasteiger partial charge is 0.458 e. The van der Waals surface area contributed by atoms with Crippen LogP contribution < -0.4 is 0 Å². The van der Waals surface area contributed by atoms with Gasteiger partial charge >= 0.3 is 17.9 Å². The molecule has 1 aromatic carbocycles. The molecule has 3 rings (SSSR count). The van der Waals surface area contributed by atoms with Crippen molar-refractivity contribution in [1.29, 1.82) is 0 Å². The number of nitrogens with zero attached hydrogens (tertiary/aromatic N) is 3. The van der Waals surface area contributed by atoms with Crippen molar-refractivity contribution in [2.75, 3.05) is 0 Å². The van der Waals surface area contributed by atoms with E-state index in [1.165, 1.54) is 23.0 Å². The first kappa shape index (κ1) is 17.0. The minimum atomic E-state index is -4.95. The van der Waals surface area contributed by atoms with Gasteiger partial charge in [-0.3, -0.25) is 9.48 Å². The number of hydrogen-bond acceptors (Lipinski definition) is 5. The zero-order valence-electron chi connectivity index (χ0n) is 12.6. The number of aromatic nitrogens is 2. The predicted octanol–water partition coefficient (Wildman–Crippen LogP) is 2.01. The number of rotatable bonds is 4. The highest BCUT2D eigenvalue weighted by atomic mass is 19.4. The Labute approximate surface area is 138 Å². The molecule has 0 aliphatic carbocycles. The lowest BCUT2D eigenvalue weighted by Crippen LogP contribution is -2.45. The van der Waals surface area contributed by atoms with Gasteiger partial charge in [0.25, 0.3) is 0 Å². The van der Waals surface area contributed by atoms with Crippen molar-refractivity contribution in [2.24, 2.45) is 5.16 Å². The maximum Gasteiger partial charge on any atom is 0.458 e. The molecule has 0 spiro atoms. The summed E-state index contributed by atoms with van der Waals surface area (Å²) in [5, 5.41) is 25.4. The lowest BCUT2D eigenvalue weighted by molar-refractivity contribution is -0.355. The molecular weight excluding hydrogens is 343 g/mol. The van der Waals surface area contributed by atoms with Crippen LogP contribution in [0.1, 0.15) is 12.0 Å². The molecular formula is C15H12F3N3O4. The van der Waals surface area contributed by atoms with Crippen molar-refractivity contribution in [1.82, 2.24) is 9.78 Å². The van der Waals surface area contributed by atoms with Crippen molar-refractivity contribution in [3.05, 3.63) is 42.2 Å². The van der Waals surface area contributed by atoms with Crippen LogP contribution in [0.3, 0.4) is 0 Å². The summed E-state index contributed by atoms with van der Waals surface area (Å²) in [7, 11) is 0. The van der Waals surface area contributed by atoms with Gasteiger partial charge in [-0.1, -0.05) is 29.4 Å². The largest absolute Gasteiger partial charge is 0.480 e. The number of oxime groups is 1. The first-order valence-electron chi connectivity index (χ1n) is 7.07. The van der Waals surface area contributed by atoms with Crippen LogP contribution in [0.4, 0.5) is 13.2 Å². The van der Waals surface area contributed by atoms with Crippen LogP contribution >= 0.6 is 0 Å². The molecule has 2 heterocycles. The molecule has 1 unspecified atom stereocenters. The van der Waals surface area contributed by atoms with Crippen LogP contribution in [0.5, 0.6) is 0 Å². The molecule has 1 atom stereocenters. The Balaban J connectivity index is 1.75. The molecule has 25 heavy (non-hydrogen) atoms. The Hall–Kier alpha value is -2.88. The first-order chi connectivity index (χ1) is 11.7. The summed E-state index contributed by atoms with van der Waals surface area (Å²) in [5.41, 5.74) is 1.71. The molecule has 1 aliphatic heterocycles. The fourth-order valence-electron chi connectivity index (χ4n) is 2.32. The Morgan fingerprint density at radius 2 is 1.88 bits per heavy atom. The second-order valence-corrected chi connectivity index (χ2v) is 5.49. The molecule has 0 amide bonds. The zero-order valence-corrected chi connectivity index (χ0v) is 12.6. The summed E-state index contributed by atoms with van der Waals surface area (Å²) in [4.78, 5) is 14.8. The average Bonchev–Trinajstić information content (AvgIpc) is 3.14. The number of halogens is 3. The highest BCUT2D eigenvalue weighted by Gasteiger charge is 2.60. The van der Waals surface area contributed by atoms with Gasteiger partial charge in [0.1, 0.15) is 6.54 Å². The van der Waals surface area contributed by atoms with Gasteiger partial charge in [-0.15, -0.1) is 0 Å². The van der Waals surface area contributed by atoms with E-state index < -0.39 is 24.4 Å². The maximum absolute atomic E-state index is 12.7. The van der Waals surface area contributed by atoms with E-state index in [0.717, 1.165) is 0 Å². The fourth-order valence-corrected chi connectivity index (χ4v) is 2.32. The standard InChI is InChI=1S/C15H12F3N3O4/c16-15(17,18)14(24)5-12(20-25-14)10-3-1-9(2-4-10)11-6-19-21(7-11)8-13(22)23/h1-4,6-7,24H,5,8H2,(H,22,23). The van der Waals surface area contributed by atoms with Crippen molar-refractivity contribution < 1.29 is 33.0 Å². The van der Waals surface area contributed by atoms with Gasteiger partial charge in [0.15, 0.2) is 0 Å². The molecule has 2 N–H and O–H groups in total. The molecule has 0 saturated carbocycles. The zero-order chi connectivity index (χ0) is 18.2. The van der Waals surface area contributed by atoms with E-state index in [1.54, 1.807) is 18.3 Å². The van der Waals surface area contributed by atoms with Crippen LogP contribution in [-0.4, -0.2) is 43.6 Å². The number of aliphatic carboxylic acids is 1. The second-order valence-electron chi connectivity index (χ2n) is 5.49. The normalized spacial score (nSPS) is 20.2. The summed E-state index contributed by atoms with van der Waals surface area (Å²) < 4.78 is 39.4. The molecule has 1 aromatic heterocycles. The van der Waals surface area contributed by atoms with E-state index in [1.807, 2.05) is 0 Å². The maximum atomic E-state index is 12.7. The van der Waals surface area contributed by atoms with Gasteiger partial charge in [0.05, 0.1) is 18.3 Å². The van der Waals surface area contributed by atoms with E-state index in [4.69, 9.17) is 5.11 Å². The molecule has 0 fully saturated rings. The highest BCUT2D eigenvalue weighted by Crippen LogP contribution is 2.39. The lowest BCUT2D eigenvalue weighted by atomic mass is 10.00. The summed E-state index contributed by atoms with van der Waals surface area (Å²) in [5.74, 6) is -4.33. The molecule has 0 bridgehead atoms. The van der Waals surface area contributed by atoms with E-state index in [2.05, 4.69) is 15.1 Å². The fraction of sp³-hybridized carbons (Fsp3) is 0.267.